The average Bonchev–Trinajstić information content (AvgIpc) is 2.34. The molecule has 1 atom stereocenters. The van der Waals surface area contributed by atoms with Gasteiger partial charge in [0.25, 0.3) is 0 Å². The van der Waals surface area contributed by atoms with Crippen molar-refractivity contribution in [2.24, 2.45) is 0 Å². The predicted octanol–water partition coefficient (Wildman–Crippen LogP) is 2.99. The van der Waals surface area contributed by atoms with E-state index < -0.39 is 5.38 Å². The SMILES string of the molecule is CCN(CCOC(=O)C(C)Cl)c1cccc(C)c1. The number of ether oxygens (including phenoxy) is 1. The van der Waals surface area contributed by atoms with Crippen LogP contribution in [0.25, 0.3) is 0 Å². The summed E-state index contributed by atoms with van der Waals surface area (Å²) in [6.45, 7) is 7.66. The van der Waals surface area contributed by atoms with E-state index in [0.717, 1.165) is 12.2 Å². The highest BCUT2D eigenvalue weighted by Gasteiger charge is 2.11. The van der Waals surface area contributed by atoms with E-state index in [1.165, 1.54) is 5.56 Å². The highest BCUT2D eigenvalue weighted by Crippen LogP contribution is 2.15. The second-order valence-corrected chi connectivity index (χ2v) is 4.86. The van der Waals surface area contributed by atoms with E-state index in [0.29, 0.717) is 13.2 Å². The second kappa shape index (κ2) is 7.27. The van der Waals surface area contributed by atoms with E-state index in [1.807, 2.05) is 6.07 Å². The van der Waals surface area contributed by atoms with Crippen LogP contribution >= 0.6 is 11.6 Å². The highest BCUT2D eigenvalue weighted by molar-refractivity contribution is 6.29. The van der Waals surface area contributed by atoms with Crippen LogP contribution in [0.4, 0.5) is 5.69 Å². The molecule has 0 saturated heterocycles. The van der Waals surface area contributed by atoms with Crippen molar-refractivity contribution < 1.29 is 9.53 Å². The van der Waals surface area contributed by atoms with Crippen LogP contribution in [-0.2, 0) is 9.53 Å². The number of esters is 1. The van der Waals surface area contributed by atoms with E-state index >= 15 is 0 Å². The van der Waals surface area contributed by atoms with Crippen LogP contribution < -0.4 is 4.90 Å². The fourth-order valence-corrected chi connectivity index (χ4v) is 1.73. The first kappa shape index (κ1) is 14.8. The Morgan fingerprint density at radius 1 is 1.50 bits per heavy atom. The molecule has 3 nitrogen and oxygen atoms in total. The quantitative estimate of drug-likeness (QED) is 0.587. The Balaban J connectivity index is 2.50. The molecule has 4 heteroatoms. The third-order valence-electron chi connectivity index (χ3n) is 2.68. The fourth-order valence-electron chi connectivity index (χ4n) is 1.67. The third-order valence-corrected chi connectivity index (χ3v) is 2.86. The van der Waals surface area contributed by atoms with Gasteiger partial charge < -0.3 is 9.64 Å². The van der Waals surface area contributed by atoms with Crippen LogP contribution in [0.1, 0.15) is 19.4 Å². The van der Waals surface area contributed by atoms with Crippen molar-refractivity contribution in [3.63, 3.8) is 0 Å². The topological polar surface area (TPSA) is 29.5 Å². The van der Waals surface area contributed by atoms with Crippen molar-refractivity contribution in [1.29, 1.82) is 0 Å². The van der Waals surface area contributed by atoms with Crippen LogP contribution in [0.2, 0.25) is 0 Å². The number of anilines is 1. The first-order chi connectivity index (χ1) is 8.54. The monoisotopic (exact) mass is 269 g/mol. The van der Waals surface area contributed by atoms with Gasteiger partial charge in [-0.3, -0.25) is 4.79 Å². The zero-order chi connectivity index (χ0) is 13.5. The summed E-state index contributed by atoms with van der Waals surface area (Å²) in [5, 5.41) is -0.584. The van der Waals surface area contributed by atoms with Gasteiger partial charge in [0, 0.05) is 12.2 Å². The van der Waals surface area contributed by atoms with Gasteiger partial charge in [0.1, 0.15) is 12.0 Å². The molecule has 0 fully saturated rings. The van der Waals surface area contributed by atoms with Crippen molar-refractivity contribution in [2.45, 2.75) is 26.1 Å². The van der Waals surface area contributed by atoms with Crippen molar-refractivity contribution in [3.05, 3.63) is 29.8 Å². The van der Waals surface area contributed by atoms with Crippen molar-refractivity contribution in [3.8, 4) is 0 Å². The molecule has 0 heterocycles. The van der Waals surface area contributed by atoms with Gasteiger partial charge in [0.05, 0.1) is 6.54 Å². The lowest BCUT2D eigenvalue weighted by atomic mass is 10.2. The lowest BCUT2D eigenvalue weighted by molar-refractivity contribution is -0.142. The molecule has 0 aliphatic rings. The van der Waals surface area contributed by atoms with E-state index in [2.05, 4.69) is 36.9 Å². The molecule has 0 aliphatic carbocycles. The number of alkyl halides is 1. The van der Waals surface area contributed by atoms with Crippen LogP contribution in [0.15, 0.2) is 24.3 Å². The Kier molecular flexibility index (Phi) is 5.99. The third kappa shape index (κ3) is 4.57. The molecular weight excluding hydrogens is 250 g/mol. The highest BCUT2D eigenvalue weighted by atomic mass is 35.5. The molecule has 18 heavy (non-hydrogen) atoms. The summed E-state index contributed by atoms with van der Waals surface area (Å²) < 4.78 is 5.07. The Hall–Kier alpha value is -1.22. The van der Waals surface area contributed by atoms with E-state index in [9.17, 15) is 4.79 Å². The predicted molar refractivity (Wildman–Crippen MR) is 75.3 cm³/mol. The standard InChI is InChI=1S/C14H20ClNO2/c1-4-16(8-9-18-14(17)12(3)15)13-7-5-6-11(2)10-13/h5-7,10,12H,4,8-9H2,1-3H3. The van der Waals surface area contributed by atoms with Gasteiger partial charge in [-0.2, -0.15) is 0 Å². The van der Waals surface area contributed by atoms with E-state index in [4.69, 9.17) is 16.3 Å². The van der Waals surface area contributed by atoms with Crippen molar-refractivity contribution in [1.82, 2.24) is 0 Å². The van der Waals surface area contributed by atoms with Crippen LogP contribution in [0.5, 0.6) is 0 Å². The lowest BCUT2D eigenvalue weighted by Gasteiger charge is -2.23. The van der Waals surface area contributed by atoms with E-state index in [-0.39, 0.29) is 5.97 Å². The number of nitrogens with zero attached hydrogens (tertiary/aromatic N) is 1. The number of halogens is 1. The first-order valence-electron chi connectivity index (χ1n) is 6.17. The van der Waals surface area contributed by atoms with Gasteiger partial charge in [-0.05, 0) is 38.5 Å². The molecule has 0 amide bonds. The molecule has 1 unspecified atom stereocenters. The number of carbonyl (C=O) groups is 1. The smallest absolute Gasteiger partial charge is 0.323 e. The minimum Gasteiger partial charge on any atom is -0.463 e. The molecule has 1 aromatic carbocycles. The zero-order valence-electron chi connectivity index (χ0n) is 11.1. The Morgan fingerprint density at radius 3 is 2.78 bits per heavy atom. The van der Waals surface area contributed by atoms with Gasteiger partial charge in [-0.25, -0.2) is 0 Å². The molecular formula is C14H20ClNO2. The Bertz CT molecular complexity index is 393. The number of hydrogen-bond donors (Lipinski definition) is 0. The Labute approximate surface area is 114 Å². The van der Waals surface area contributed by atoms with Crippen molar-refractivity contribution >= 4 is 23.3 Å². The van der Waals surface area contributed by atoms with Gasteiger partial charge in [0.2, 0.25) is 0 Å². The zero-order valence-corrected chi connectivity index (χ0v) is 11.9. The maximum atomic E-state index is 11.2. The Morgan fingerprint density at radius 2 is 2.22 bits per heavy atom. The van der Waals surface area contributed by atoms with Crippen molar-refractivity contribution in [2.75, 3.05) is 24.6 Å². The van der Waals surface area contributed by atoms with Gasteiger partial charge >= 0.3 is 5.97 Å². The number of likely N-dealkylation sites (N-methyl/N-ethyl adjacent to an activating group) is 1. The lowest BCUT2D eigenvalue weighted by Crippen LogP contribution is -2.29. The first-order valence-corrected chi connectivity index (χ1v) is 6.60. The molecule has 0 saturated carbocycles. The van der Waals surface area contributed by atoms with Crippen LogP contribution in [0.3, 0.4) is 0 Å². The minimum absolute atomic E-state index is 0.359. The van der Waals surface area contributed by atoms with Crippen LogP contribution in [-0.4, -0.2) is 31.0 Å². The molecule has 0 aliphatic heterocycles. The molecule has 1 rings (SSSR count). The second-order valence-electron chi connectivity index (χ2n) is 4.20. The maximum absolute atomic E-state index is 11.2. The summed E-state index contributed by atoms with van der Waals surface area (Å²) in [5.74, 6) is -0.364. The molecule has 1 aromatic rings. The molecule has 0 aromatic heterocycles. The molecule has 0 radical (unpaired) electrons. The molecule has 0 spiro atoms. The summed E-state index contributed by atoms with van der Waals surface area (Å²) in [7, 11) is 0. The summed E-state index contributed by atoms with van der Waals surface area (Å²) >= 11 is 5.63. The number of hydrogen-bond acceptors (Lipinski definition) is 3. The number of benzene rings is 1. The number of carbonyl (C=O) groups excluding carboxylic acids is 1. The normalized spacial score (nSPS) is 12.0. The maximum Gasteiger partial charge on any atom is 0.323 e. The van der Waals surface area contributed by atoms with Crippen LogP contribution in [0, 0.1) is 6.92 Å². The number of aryl methyl sites for hydroxylation is 1. The molecule has 0 N–H and O–H groups in total. The average molecular weight is 270 g/mol. The van der Waals surface area contributed by atoms with Gasteiger partial charge in [-0.15, -0.1) is 11.6 Å². The summed E-state index contributed by atoms with van der Waals surface area (Å²) in [6, 6.07) is 8.27. The van der Waals surface area contributed by atoms with Gasteiger partial charge in [-0.1, -0.05) is 12.1 Å². The number of rotatable bonds is 6. The molecule has 100 valence electrons. The summed E-state index contributed by atoms with van der Waals surface area (Å²) in [4.78, 5) is 13.4. The van der Waals surface area contributed by atoms with E-state index in [1.54, 1.807) is 6.92 Å². The summed E-state index contributed by atoms with van der Waals surface area (Å²) in [6.07, 6.45) is 0. The minimum atomic E-state index is -0.584. The largest absolute Gasteiger partial charge is 0.463 e. The fraction of sp³-hybridized carbons (Fsp3) is 0.500. The summed E-state index contributed by atoms with van der Waals surface area (Å²) in [5.41, 5.74) is 2.37. The van der Waals surface area contributed by atoms with Gasteiger partial charge in [0.15, 0.2) is 0 Å². The molecule has 0 bridgehead atoms.